The van der Waals surface area contributed by atoms with Gasteiger partial charge in [0, 0.05) is 18.3 Å². The molecule has 3 aromatic rings. The molecule has 0 unspecified atom stereocenters. The first kappa shape index (κ1) is 15.8. The largest absolute Gasteiger partial charge is 0.401 e. The van der Waals surface area contributed by atoms with Crippen molar-refractivity contribution in [1.29, 1.82) is 0 Å². The normalized spacial score (nSPS) is 11.0. The third-order valence-electron chi connectivity index (χ3n) is 3.18. The molecule has 24 heavy (non-hydrogen) atoms. The van der Waals surface area contributed by atoms with Crippen LogP contribution in [0.15, 0.2) is 34.9 Å². The van der Waals surface area contributed by atoms with Crippen LogP contribution in [0.3, 0.4) is 0 Å². The van der Waals surface area contributed by atoms with Gasteiger partial charge < -0.3 is 4.42 Å². The minimum Gasteiger partial charge on any atom is -0.401 e. The number of hydrogen-bond acceptors (Lipinski definition) is 5. The van der Waals surface area contributed by atoms with Gasteiger partial charge in [-0.1, -0.05) is 5.10 Å². The first-order valence-electron chi connectivity index (χ1n) is 7.09. The van der Waals surface area contributed by atoms with E-state index in [4.69, 9.17) is 4.42 Å². The van der Waals surface area contributed by atoms with Gasteiger partial charge in [0.2, 0.25) is 0 Å². The number of hydrogen-bond donors (Lipinski definition) is 1. The van der Waals surface area contributed by atoms with Crippen LogP contribution in [-0.4, -0.2) is 25.9 Å². The molecule has 2 heterocycles. The molecule has 0 spiro atoms. The summed E-state index contributed by atoms with van der Waals surface area (Å²) < 4.78 is 33.4. The van der Waals surface area contributed by atoms with Crippen LogP contribution in [0.1, 0.15) is 30.2 Å². The molecule has 124 valence electrons. The van der Waals surface area contributed by atoms with Crippen LogP contribution in [0.5, 0.6) is 0 Å². The molecule has 0 aliphatic heterocycles. The van der Waals surface area contributed by atoms with E-state index in [9.17, 15) is 13.6 Å². The number of anilines is 1. The summed E-state index contributed by atoms with van der Waals surface area (Å²) in [5, 5.41) is 14.0. The zero-order valence-corrected chi connectivity index (χ0v) is 12.8. The second kappa shape index (κ2) is 6.19. The molecular weight excluding hydrogens is 320 g/mol. The van der Waals surface area contributed by atoms with Gasteiger partial charge in [0.05, 0.1) is 5.56 Å². The number of carbonyl (C=O) groups is 1. The Kier molecular flexibility index (Phi) is 4.07. The zero-order chi connectivity index (χ0) is 17.3. The van der Waals surface area contributed by atoms with E-state index >= 15 is 0 Å². The Morgan fingerprint density at radius 3 is 2.71 bits per heavy atom. The van der Waals surface area contributed by atoms with E-state index in [2.05, 4.69) is 20.6 Å². The molecule has 2 aromatic heterocycles. The van der Waals surface area contributed by atoms with Gasteiger partial charge in [-0.3, -0.25) is 14.8 Å². The lowest BCUT2D eigenvalue weighted by Crippen LogP contribution is -2.14. The van der Waals surface area contributed by atoms with E-state index in [0.29, 0.717) is 11.8 Å². The number of carbonyl (C=O) groups excluding carboxylic acids is 1. The monoisotopic (exact) mass is 333 g/mol. The van der Waals surface area contributed by atoms with Gasteiger partial charge in [-0.15, -0.1) is 5.10 Å². The van der Waals surface area contributed by atoms with Crippen LogP contribution >= 0.6 is 0 Å². The third-order valence-corrected chi connectivity index (χ3v) is 3.18. The topological polar surface area (TPSA) is 85.8 Å². The van der Waals surface area contributed by atoms with E-state index in [0.717, 1.165) is 12.1 Å². The average molecular weight is 333 g/mol. The van der Waals surface area contributed by atoms with E-state index in [1.807, 2.05) is 13.8 Å². The Labute approximate surface area is 135 Å². The highest BCUT2D eigenvalue weighted by molar-refractivity contribution is 6.03. The summed E-state index contributed by atoms with van der Waals surface area (Å²) in [7, 11) is 0. The molecule has 0 radical (unpaired) electrons. The van der Waals surface area contributed by atoms with Crippen molar-refractivity contribution in [2.45, 2.75) is 19.9 Å². The van der Waals surface area contributed by atoms with E-state index in [-0.39, 0.29) is 23.5 Å². The maximum atomic E-state index is 13.6. The Balaban J connectivity index is 1.77. The maximum absolute atomic E-state index is 13.6. The van der Waals surface area contributed by atoms with Crippen molar-refractivity contribution in [3.05, 3.63) is 47.7 Å². The Bertz CT molecular complexity index is 888. The lowest BCUT2D eigenvalue weighted by atomic mass is 10.2. The van der Waals surface area contributed by atoms with Gasteiger partial charge in [0.15, 0.2) is 0 Å². The SMILES string of the molecule is CC(C)n1ccc(-c2nnc(NC(=O)c3ccc(F)cc3F)o2)n1. The fourth-order valence-electron chi connectivity index (χ4n) is 1.96. The van der Waals surface area contributed by atoms with Gasteiger partial charge in [0.25, 0.3) is 11.8 Å². The number of aromatic nitrogens is 4. The molecule has 7 nitrogen and oxygen atoms in total. The third kappa shape index (κ3) is 3.14. The molecule has 9 heteroatoms. The van der Waals surface area contributed by atoms with Crippen LogP contribution in [0.25, 0.3) is 11.6 Å². The van der Waals surface area contributed by atoms with Crippen molar-refractivity contribution in [3.8, 4) is 11.6 Å². The number of benzene rings is 1. The van der Waals surface area contributed by atoms with Crippen molar-refractivity contribution < 1.29 is 18.0 Å². The van der Waals surface area contributed by atoms with E-state index in [1.165, 1.54) is 0 Å². The number of amides is 1. The molecule has 1 N–H and O–H groups in total. The van der Waals surface area contributed by atoms with E-state index < -0.39 is 17.5 Å². The van der Waals surface area contributed by atoms with Gasteiger partial charge >= 0.3 is 6.01 Å². The highest BCUT2D eigenvalue weighted by Crippen LogP contribution is 2.19. The minimum absolute atomic E-state index is 0.115. The molecule has 3 rings (SSSR count). The minimum atomic E-state index is -0.983. The van der Waals surface area contributed by atoms with Crippen LogP contribution in [0.2, 0.25) is 0 Å². The standard InChI is InChI=1S/C15H13F2N5O2/c1-8(2)22-6-5-12(21-22)14-19-20-15(24-14)18-13(23)10-4-3-9(16)7-11(10)17/h3-8H,1-2H3,(H,18,20,23). The summed E-state index contributed by atoms with van der Waals surface area (Å²) >= 11 is 0. The molecule has 0 saturated heterocycles. The molecule has 0 atom stereocenters. The first-order valence-corrected chi connectivity index (χ1v) is 7.09. The van der Waals surface area contributed by atoms with Crippen molar-refractivity contribution in [2.24, 2.45) is 0 Å². The maximum Gasteiger partial charge on any atom is 0.322 e. The molecule has 0 aliphatic carbocycles. The lowest BCUT2D eigenvalue weighted by Gasteiger charge is -2.02. The Hall–Kier alpha value is -3.10. The summed E-state index contributed by atoms with van der Waals surface area (Å²) in [6, 6.07) is 4.28. The highest BCUT2D eigenvalue weighted by Gasteiger charge is 2.17. The number of nitrogens with zero attached hydrogens (tertiary/aromatic N) is 4. The summed E-state index contributed by atoms with van der Waals surface area (Å²) in [6.07, 6.45) is 1.76. The van der Waals surface area contributed by atoms with Crippen LogP contribution in [-0.2, 0) is 0 Å². The second-order valence-electron chi connectivity index (χ2n) is 5.27. The summed E-state index contributed by atoms with van der Waals surface area (Å²) in [6.45, 7) is 3.93. The fraction of sp³-hybridized carbons (Fsp3) is 0.200. The van der Waals surface area contributed by atoms with Gasteiger partial charge in [-0.05, 0) is 32.0 Å². The molecule has 0 bridgehead atoms. The van der Waals surface area contributed by atoms with Crippen molar-refractivity contribution in [1.82, 2.24) is 20.0 Å². The smallest absolute Gasteiger partial charge is 0.322 e. The van der Waals surface area contributed by atoms with Crippen LogP contribution in [0.4, 0.5) is 14.8 Å². The highest BCUT2D eigenvalue weighted by atomic mass is 19.1. The fourth-order valence-corrected chi connectivity index (χ4v) is 1.96. The van der Waals surface area contributed by atoms with Crippen molar-refractivity contribution >= 4 is 11.9 Å². The van der Waals surface area contributed by atoms with E-state index in [1.54, 1.807) is 16.9 Å². The number of nitrogens with one attached hydrogen (secondary N) is 1. The average Bonchev–Trinajstić information content (AvgIpc) is 3.15. The Morgan fingerprint density at radius 2 is 2.04 bits per heavy atom. The zero-order valence-electron chi connectivity index (χ0n) is 12.8. The van der Waals surface area contributed by atoms with Crippen molar-refractivity contribution in [2.75, 3.05) is 5.32 Å². The van der Waals surface area contributed by atoms with Gasteiger partial charge in [-0.2, -0.15) is 5.10 Å². The van der Waals surface area contributed by atoms with Crippen LogP contribution < -0.4 is 5.32 Å². The molecule has 0 fully saturated rings. The summed E-state index contributed by atoms with van der Waals surface area (Å²) in [5.41, 5.74) is 0.116. The quantitative estimate of drug-likeness (QED) is 0.793. The van der Waals surface area contributed by atoms with Gasteiger partial charge in [-0.25, -0.2) is 8.78 Å². The number of rotatable bonds is 4. The van der Waals surface area contributed by atoms with Gasteiger partial charge in [0.1, 0.15) is 17.3 Å². The molecular formula is C15H13F2N5O2. The Morgan fingerprint density at radius 1 is 1.25 bits per heavy atom. The lowest BCUT2D eigenvalue weighted by molar-refractivity contribution is 0.102. The number of halogens is 2. The molecule has 1 amide bonds. The first-order chi connectivity index (χ1) is 11.4. The predicted octanol–water partition coefficient (Wildman–Crippen LogP) is 3.04. The summed E-state index contributed by atoms with van der Waals surface area (Å²) in [5.74, 6) is -2.47. The predicted molar refractivity (Wildman–Crippen MR) is 80.2 cm³/mol. The molecule has 1 aromatic carbocycles. The summed E-state index contributed by atoms with van der Waals surface area (Å²) in [4.78, 5) is 12.0. The molecule has 0 aliphatic rings. The van der Waals surface area contributed by atoms with Crippen LogP contribution in [0, 0.1) is 11.6 Å². The van der Waals surface area contributed by atoms with Crippen molar-refractivity contribution in [3.63, 3.8) is 0 Å². The second-order valence-corrected chi connectivity index (χ2v) is 5.27. The molecule has 0 saturated carbocycles.